The number of aromatic nitrogens is 1. The van der Waals surface area contributed by atoms with Crippen LogP contribution >= 0.6 is 27.3 Å². The number of halogens is 2. The van der Waals surface area contributed by atoms with Crippen LogP contribution in [0.3, 0.4) is 0 Å². The lowest BCUT2D eigenvalue weighted by Gasteiger charge is -2.05. The minimum Gasteiger partial charge on any atom is -0.330 e. The molecule has 0 saturated carbocycles. The summed E-state index contributed by atoms with van der Waals surface area (Å²) in [4.78, 5) is 4.50. The Morgan fingerprint density at radius 2 is 2.28 bits per heavy atom. The van der Waals surface area contributed by atoms with Gasteiger partial charge in [-0.1, -0.05) is 22.9 Å². The van der Waals surface area contributed by atoms with Crippen molar-refractivity contribution in [2.75, 3.05) is 6.54 Å². The van der Waals surface area contributed by atoms with Gasteiger partial charge in [0.2, 0.25) is 0 Å². The van der Waals surface area contributed by atoms with Crippen molar-refractivity contribution in [1.29, 1.82) is 0 Å². The zero-order chi connectivity index (χ0) is 13.1. The average molecular weight is 329 g/mol. The SMILES string of the molecule is CC(CCN)c1csc(-c2cc(Br)ccc2F)n1. The first-order valence-corrected chi connectivity index (χ1v) is 7.40. The smallest absolute Gasteiger partial charge is 0.133 e. The third kappa shape index (κ3) is 2.96. The Balaban J connectivity index is 2.32. The van der Waals surface area contributed by atoms with E-state index >= 15 is 0 Å². The van der Waals surface area contributed by atoms with Crippen LogP contribution in [0.4, 0.5) is 4.39 Å². The highest BCUT2D eigenvalue weighted by Gasteiger charge is 2.13. The second-order valence-corrected chi connectivity index (χ2v) is 5.95. The molecule has 1 aromatic carbocycles. The molecule has 1 aromatic heterocycles. The maximum absolute atomic E-state index is 13.7. The van der Waals surface area contributed by atoms with Gasteiger partial charge in [0.15, 0.2) is 0 Å². The molecule has 0 spiro atoms. The molecule has 18 heavy (non-hydrogen) atoms. The van der Waals surface area contributed by atoms with Gasteiger partial charge in [0.05, 0.1) is 5.69 Å². The van der Waals surface area contributed by atoms with Gasteiger partial charge < -0.3 is 5.73 Å². The van der Waals surface area contributed by atoms with Crippen LogP contribution in [0.15, 0.2) is 28.1 Å². The molecule has 0 amide bonds. The molecule has 0 bridgehead atoms. The van der Waals surface area contributed by atoms with E-state index in [-0.39, 0.29) is 5.82 Å². The number of hydrogen-bond acceptors (Lipinski definition) is 3. The van der Waals surface area contributed by atoms with Crippen molar-refractivity contribution in [3.05, 3.63) is 39.6 Å². The number of thiazole rings is 1. The summed E-state index contributed by atoms with van der Waals surface area (Å²) in [6, 6.07) is 4.89. The molecule has 2 nitrogen and oxygen atoms in total. The summed E-state index contributed by atoms with van der Waals surface area (Å²) in [6.45, 7) is 2.72. The van der Waals surface area contributed by atoms with Gasteiger partial charge in [-0.3, -0.25) is 0 Å². The lowest BCUT2D eigenvalue weighted by Crippen LogP contribution is -2.04. The summed E-state index contributed by atoms with van der Waals surface area (Å²) in [5.74, 6) is 0.0702. The van der Waals surface area contributed by atoms with Gasteiger partial charge in [-0.2, -0.15) is 0 Å². The molecule has 0 aliphatic rings. The third-order valence-electron chi connectivity index (χ3n) is 2.79. The zero-order valence-corrected chi connectivity index (χ0v) is 12.4. The normalized spacial score (nSPS) is 12.7. The Labute approximate surface area is 118 Å². The number of nitrogens with two attached hydrogens (primary N) is 1. The zero-order valence-electron chi connectivity index (χ0n) is 9.99. The highest BCUT2D eigenvalue weighted by atomic mass is 79.9. The Bertz CT molecular complexity index is 542. The molecular formula is C13H14BrFN2S. The summed E-state index contributed by atoms with van der Waals surface area (Å²) in [5, 5.41) is 2.70. The summed E-state index contributed by atoms with van der Waals surface area (Å²) in [6.07, 6.45) is 0.893. The predicted molar refractivity (Wildman–Crippen MR) is 77.3 cm³/mol. The monoisotopic (exact) mass is 328 g/mol. The topological polar surface area (TPSA) is 38.9 Å². The van der Waals surface area contributed by atoms with Crippen molar-refractivity contribution in [3.8, 4) is 10.6 Å². The second kappa shape index (κ2) is 5.91. The van der Waals surface area contributed by atoms with Crippen molar-refractivity contribution in [2.24, 2.45) is 5.73 Å². The van der Waals surface area contributed by atoms with E-state index in [1.54, 1.807) is 12.1 Å². The molecule has 1 unspecified atom stereocenters. The van der Waals surface area contributed by atoms with Gasteiger partial charge in [-0.15, -0.1) is 11.3 Å². The summed E-state index contributed by atoms with van der Waals surface area (Å²) >= 11 is 4.81. The minimum absolute atomic E-state index is 0.245. The molecule has 2 N–H and O–H groups in total. The van der Waals surface area contributed by atoms with Crippen LogP contribution < -0.4 is 5.73 Å². The molecule has 0 fully saturated rings. The second-order valence-electron chi connectivity index (χ2n) is 4.18. The van der Waals surface area contributed by atoms with Crippen LogP contribution in [0, 0.1) is 5.82 Å². The molecule has 0 saturated heterocycles. The Morgan fingerprint density at radius 3 is 3.00 bits per heavy atom. The van der Waals surface area contributed by atoms with Crippen molar-refractivity contribution >= 4 is 27.3 Å². The van der Waals surface area contributed by atoms with Gasteiger partial charge in [0.1, 0.15) is 10.8 Å². The number of benzene rings is 1. The standard InChI is InChI=1S/C13H14BrFN2S/c1-8(4-5-16)12-7-18-13(17-12)10-6-9(14)2-3-11(10)15/h2-3,6-8H,4-5,16H2,1H3. The van der Waals surface area contributed by atoms with E-state index in [2.05, 4.69) is 27.8 Å². The van der Waals surface area contributed by atoms with Crippen LogP contribution in [0.1, 0.15) is 25.0 Å². The van der Waals surface area contributed by atoms with Crippen molar-refractivity contribution < 1.29 is 4.39 Å². The van der Waals surface area contributed by atoms with Crippen LogP contribution in [-0.4, -0.2) is 11.5 Å². The molecule has 1 atom stereocenters. The van der Waals surface area contributed by atoms with E-state index in [4.69, 9.17) is 5.73 Å². The largest absolute Gasteiger partial charge is 0.330 e. The average Bonchev–Trinajstić information content (AvgIpc) is 2.82. The van der Waals surface area contributed by atoms with Crippen molar-refractivity contribution in [3.63, 3.8) is 0 Å². The minimum atomic E-state index is -0.245. The van der Waals surface area contributed by atoms with E-state index in [0.717, 1.165) is 16.6 Å². The maximum atomic E-state index is 13.7. The summed E-state index contributed by atoms with van der Waals surface area (Å²) in [5.41, 5.74) is 7.07. The highest BCUT2D eigenvalue weighted by molar-refractivity contribution is 9.10. The van der Waals surface area contributed by atoms with E-state index in [0.29, 0.717) is 23.0 Å². The molecule has 2 aromatic rings. The lowest BCUT2D eigenvalue weighted by atomic mass is 10.1. The quantitative estimate of drug-likeness (QED) is 0.915. The van der Waals surface area contributed by atoms with Gasteiger partial charge in [-0.05, 0) is 31.2 Å². The number of rotatable bonds is 4. The fraction of sp³-hybridized carbons (Fsp3) is 0.308. The van der Waals surface area contributed by atoms with E-state index < -0.39 is 0 Å². The molecule has 5 heteroatoms. The molecular weight excluding hydrogens is 315 g/mol. The highest BCUT2D eigenvalue weighted by Crippen LogP contribution is 2.31. The van der Waals surface area contributed by atoms with Crippen LogP contribution in [0.25, 0.3) is 10.6 Å². The third-order valence-corrected chi connectivity index (χ3v) is 4.17. The first-order chi connectivity index (χ1) is 8.61. The van der Waals surface area contributed by atoms with E-state index in [1.807, 2.05) is 5.38 Å². The lowest BCUT2D eigenvalue weighted by molar-refractivity contribution is 0.630. The van der Waals surface area contributed by atoms with Gasteiger partial charge in [0, 0.05) is 21.3 Å². The molecule has 96 valence electrons. The van der Waals surface area contributed by atoms with Gasteiger partial charge in [0.25, 0.3) is 0 Å². The fourth-order valence-corrected chi connectivity index (χ4v) is 3.02. The Hall–Kier alpha value is -0.780. The first-order valence-electron chi connectivity index (χ1n) is 5.72. The summed E-state index contributed by atoms with van der Waals surface area (Å²) < 4.78 is 14.6. The van der Waals surface area contributed by atoms with Gasteiger partial charge >= 0.3 is 0 Å². The Kier molecular flexibility index (Phi) is 4.48. The number of nitrogens with zero attached hydrogens (tertiary/aromatic N) is 1. The van der Waals surface area contributed by atoms with Crippen molar-refractivity contribution in [1.82, 2.24) is 4.98 Å². The molecule has 2 rings (SSSR count). The van der Waals surface area contributed by atoms with E-state index in [1.165, 1.54) is 17.4 Å². The first kappa shape index (κ1) is 13.6. The number of hydrogen-bond donors (Lipinski definition) is 1. The predicted octanol–water partition coefficient (Wildman–Crippen LogP) is 4.16. The van der Waals surface area contributed by atoms with Crippen LogP contribution in [0.2, 0.25) is 0 Å². The molecule has 0 aliphatic carbocycles. The molecule has 0 aliphatic heterocycles. The molecule has 0 radical (unpaired) electrons. The summed E-state index contributed by atoms with van der Waals surface area (Å²) in [7, 11) is 0. The Morgan fingerprint density at radius 1 is 1.50 bits per heavy atom. The molecule has 1 heterocycles. The van der Waals surface area contributed by atoms with Crippen molar-refractivity contribution in [2.45, 2.75) is 19.3 Å². The van der Waals surface area contributed by atoms with Crippen LogP contribution in [-0.2, 0) is 0 Å². The van der Waals surface area contributed by atoms with E-state index in [9.17, 15) is 4.39 Å². The van der Waals surface area contributed by atoms with Crippen LogP contribution in [0.5, 0.6) is 0 Å². The fourth-order valence-electron chi connectivity index (χ4n) is 1.70. The maximum Gasteiger partial charge on any atom is 0.133 e. The van der Waals surface area contributed by atoms with Gasteiger partial charge in [-0.25, -0.2) is 9.37 Å².